The van der Waals surface area contributed by atoms with Crippen LogP contribution in [0.4, 0.5) is 4.79 Å². The zero-order valence-electron chi connectivity index (χ0n) is 19.6. The highest BCUT2D eigenvalue weighted by atomic mass is 16.6. The third kappa shape index (κ3) is 4.97. The van der Waals surface area contributed by atoms with Crippen molar-refractivity contribution in [1.29, 1.82) is 0 Å². The first-order valence-corrected chi connectivity index (χ1v) is 11.3. The summed E-state index contributed by atoms with van der Waals surface area (Å²) in [6.45, 7) is 7.61. The van der Waals surface area contributed by atoms with Gasteiger partial charge in [0.2, 0.25) is 0 Å². The Morgan fingerprint density at radius 2 is 1.82 bits per heavy atom. The number of hydrogen-bond acceptors (Lipinski definition) is 5. The number of hydrogen-bond donors (Lipinski definition) is 0. The van der Waals surface area contributed by atoms with Crippen LogP contribution in [0.3, 0.4) is 0 Å². The lowest BCUT2D eigenvalue weighted by atomic mass is 9.90. The Morgan fingerprint density at radius 1 is 1.03 bits per heavy atom. The molecule has 0 aromatic carbocycles. The summed E-state index contributed by atoms with van der Waals surface area (Å²) in [5, 5.41) is 0. The number of carbonyl (C=O) groups is 1. The van der Waals surface area contributed by atoms with Gasteiger partial charge < -0.3 is 4.74 Å². The molecule has 0 aliphatic carbocycles. The van der Waals surface area contributed by atoms with Crippen LogP contribution in [-0.4, -0.2) is 31.1 Å². The fourth-order valence-corrected chi connectivity index (χ4v) is 4.35. The SMILES string of the molecule is Cc1cccnc1[C@@H]1CCC[C@H](c2cccc(-n3ccccc3=O)n2)N1C(=O)OC(C)(C)C. The van der Waals surface area contributed by atoms with Gasteiger partial charge in [0.05, 0.1) is 23.5 Å². The van der Waals surface area contributed by atoms with E-state index in [2.05, 4.69) is 4.98 Å². The van der Waals surface area contributed by atoms with E-state index in [1.807, 2.05) is 52.0 Å². The lowest BCUT2D eigenvalue weighted by molar-refractivity contribution is -0.00803. The summed E-state index contributed by atoms with van der Waals surface area (Å²) in [6, 6.07) is 14.0. The maximum atomic E-state index is 13.5. The lowest BCUT2D eigenvalue weighted by Crippen LogP contribution is -2.44. The first-order valence-electron chi connectivity index (χ1n) is 11.3. The largest absolute Gasteiger partial charge is 0.444 e. The predicted molar refractivity (Wildman–Crippen MR) is 126 cm³/mol. The number of likely N-dealkylation sites (tertiary alicyclic amines) is 1. The molecule has 0 saturated carbocycles. The smallest absolute Gasteiger partial charge is 0.411 e. The van der Waals surface area contributed by atoms with Crippen LogP contribution in [0.15, 0.2) is 65.7 Å². The number of pyridine rings is 3. The molecule has 3 aromatic heterocycles. The molecule has 0 spiro atoms. The number of rotatable bonds is 3. The van der Waals surface area contributed by atoms with Gasteiger partial charge in [-0.05, 0) is 76.8 Å². The quantitative estimate of drug-likeness (QED) is 0.557. The molecule has 0 N–H and O–H groups in total. The average molecular weight is 447 g/mol. The summed E-state index contributed by atoms with van der Waals surface area (Å²) in [7, 11) is 0. The van der Waals surface area contributed by atoms with Crippen molar-refractivity contribution in [2.24, 2.45) is 0 Å². The van der Waals surface area contributed by atoms with Crippen molar-refractivity contribution in [1.82, 2.24) is 19.4 Å². The molecule has 33 heavy (non-hydrogen) atoms. The van der Waals surface area contributed by atoms with E-state index < -0.39 is 5.60 Å². The highest BCUT2D eigenvalue weighted by Gasteiger charge is 2.40. The molecule has 1 amide bonds. The number of carbonyl (C=O) groups excluding carboxylic acids is 1. The van der Waals surface area contributed by atoms with Crippen LogP contribution in [0.2, 0.25) is 0 Å². The molecule has 0 unspecified atom stereocenters. The van der Waals surface area contributed by atoms with Crippen molar-refractivity contribution >= 4 is 6.09 Å². The van der Waals surface area contributed by atoms with Gasteiger partial charge in [0, 0.05) is 18.5 Å². The van der Waals surface area contributed by atoms with Crippen molar-refractivity contribution in [3.05, 3.63) is 88.2 Å². The predicted octanol–water partition coefficient (Wildman–Crippen LogP) is 5.14. The molecule has 1 saturated heterocycles. The van der Waals surface area contributed by atoms with Gasteiger partial charge in [-0.25, -0.2) is 9.78 Å². The molecule has 172 valence electrons. The summed E-state index contributed by atoms with van der Waals surface area (Å²) >= 11 is 0. The van der Waals surface area contributed by atoms with Gasteiger partial charge in [0.25, 0.3) is 5.56 Å². The van der Waals surface area contributed by atoms with Gasteiger partial charge in [-0.2, -0.15) is 0 Å². The molecule has 1 fully saturated rings. The molecule has 1 aliphatic heterocycles. The molecule has 4 heterocycles. The van der Waals surface area contributed by atoms with Crippen molar-refractivity contribution in [2.75, 3.05) is 0 Å². The van der Waals surface area contributed by atoms with E-state index in [4.69, 9.17) is 9.72 Å². The molecule has 7 nitrogen and oxygen atoms in total. The maximum absolute atomic E-state index is 13.5. The van der Waals surface area contributed by atoms with E-state index in [9.17, 15) is 9.59 Å². The second-order valence-electron chi connectivity index (χ2n) is 9.39. The van der Waals surface area contributed by atoms with Crippen molar-refractivity contribution in [3.8, 4) is 5.82 Å². The number of amides is 1. The van der Waals surface area contributed by atoms with Crippen LogP contribution in [0.25, 0.3) is 5.82 Å². The number of ether oxygens (including phenoxy) is 1. The standard InChI is InChI=1S/C26H30N4O3/c1-18-10-9-16-27-24(18)21-13-8-12-20(30(21)25(32)33-26(2,3)4)19-11-7-14-22(28-19)29-17-6-5-15-23(29)31/h5-7,9-11,14-17,20-21H,8,12-13H2,1-4H3/t20-,21+/m1/s1. The highest BCUT2D eigenvalue weighted by molar-refractivity contribution is 5.70. The van der Waals surface area contributed by atoms with E-state index in [1.54, 1.807) is 35.5 Å². The third-order valence-electron chi connectivity index (χ3n) is 5.76. The first kappa shape index (κ1) is 22.7. The van der Waals surface area contributed by atoms with Gasteiger partial charge in [-0.1, -0.05) is 18.2 Å². The van der Waals surface area contributed by atoms with Crippen LogP contribution in [0, 0.1) is 6.92 Å². The van der Waals surface area contributed by atoms with Crippen molar-refractivity contribution < 1.29 is 9.53 Å². The molecule has 1 aliphatic rings. The Balaban J connectivity index is 1.78. The third-order valence-corrected chi connectivity index (χ3v) is 5.76. The minimum Gasteiger partial charge on any atom is -0.444 e. The molecular weight excluding hydrogens is 416 g/mol. The van der Waals surface area contributed by atoms with Gasteiger partial charge in [0.1, 0.15) is 11.4 Å². The monoisotopic (exact) mass is 446 g/mol. The Bertz CT molecular complexity index is 1200. The number of piperidine rings is 1. The summed E-state index contributed by atoms with van der Waals surface area (Å²) in [6.07, 6.45) is 5.54. The Kier molecular flexibility index (Phi) is 6.31. The zero-order chi connectivity index (χ0) is 23.6. The topological polar surface area (TPSA) is 77.3 Å². The van der Waals surface area contributed by atoms with Gasteiger partial charge in [-0.15, -0.1) is 0 Å². The molecule has 0 radical (unpaired) electrons. The fourth-order valence-electron chi connectivity index (χ4n) is 4.35. The molecular formula is C26H30N4O3. The van der Waals surface area contributed by atoms with Crippen LogP contribution in [0.1, 0.15) is 69.1 Å². The van der Waals surface area contributed by atoms with Gasteiger partial charge in [-0.3, -0.25) is 19.2 Å². The van der Waals surface area contributed by atoms with Gasteiger partial charge in [0.15, 0.2) is 0 Å². The average Bonchev–Trinajstić information content (AvgIpc) is 2.78. The summed E-state index contributed by atoms with van der Waals surface area (Å²) in [5.74, 6) is 0.526. The van der Waals surface area contributed by atoms with Crippen LogP contribution in [-0.2, 0) is 4.74 Å². The lowest BCUT2D eigenvalue weighted by Gasteiger charge is -2.42. The molecule has 4 rings (SSSR count). The van der Waals surface area contributed by atoms with E-state index in [0.717, 1.165) is 36.2 Å². The summed E-state index contributed by atoms with van der Waals surface area (Å²) in [5.41, 5.74) is 1.86. The molecule has 2 atom stereocenters. The van der Waals surface area contributed by atoms with E-state index in [-0.39, 0.29) is 23.7 Å². The number of aryl methyl sites for hydroxylation is 1. The van der Waals surface area contributed by atoms with E-state index in [1.165, 1.54) is 10.6 Å². The maximum Gasteiger partial charge on any atom is 0.411 e. The van der Waals surface area contributed by atoms with Crippen LogP contribution >= 0.6 is 0 Å². The fraction of sp³-hybridized carbons (Fsp3) is 0.385. The van der Waals surface area contributed by atoms with E-state index >= 15 is 0 Å². The molecule has 7 heteroatoms. The minimum absolute atomic E-state index is 0.156. The van der Waals surface area contributed by atoms with Crippen molar-refractivity contribution in [2.45, 2.75) is 64.6 Å². The molecule has 3 aromatic rings. The van der Waals surface area contributed by atoms with Gasteiger partial charge >= 0.3 is 6.09 Å². The highest BCUT2D eigenvalue weighted by Crippen LogP contribution is 2.42. The molecule has 0 bridgehead atoms. The van der Waals surface area contributed by atoms with Crippen LogP contribution < -0.4 is 5.56 Å². The summed E-state index contributed by atoms with van der Waals surface area (Å²) < 4.78 is 7.34. The first-order chi connectivity index (χ1) is 15.7. The summed E-state index contributed by atoms with van der Waals surface area (Å²) in [4.78, 5) is 37.1. The Labute approximate surface area is 194 Å². The normalized spacial score (nSPS) is 18.7. The Morgan fingerprint density at radius 3 is 2.55 bits per heavy atom. The second-order valence-corrected chi connectivity index (χ2v) is 9.39. The minimum atomic E-state index is -0.630. The van der Waals surface area contributed by atoms with E-state index in [0.29, 0.717) is 5.82 Å². The van der Waals surface area contributed by atoms with Crippen molar-refractivity contribution in [3.63, 3.8) is 0 Å². The number of aromatic nitrogens is 3. The number of nitrogens with zero attached hydrogens (tertiary/aromatic N) is 4. The second kappa shape index (κ2) is 9.17. The zero-order valence-corrected chi connectivity index (χ0v) is 19.6. The van der Waals surface area contributed by atoms with Crippen LogP contribution in [0.5, 0.6) is 0 Å². The Hall–Kier alpha value is -3.48.